The fourth-order valence-corrected chi connectivity index (χ4v) is 4.46. The fourth-order valence-electron chi connectivity index (χ4n) is 4.46. The molecule has 8 nitrogen and oxygen atoms in total. The van der Waals surface area contributed by atoms with Crippen molar-refractivity contribution in [2.45, 2.75) is 19.9 Å². The number of morpholine rings is 1. The van der Waals surface area contributed by atoms with Gasteiger partial charge in [0.1, 0.15) is 11.6 Å². The van der Waals surface area contributed by atoms with Crippen LogP contribution in [0.5, 0.6) is 5.75 Å². The summed E-state index contributed by atoms with van der Waals surface area (Å²) in [5, 5.41) is 3.49. The van der Waals surface area contributed by atoms with Crippen molar-refractivity contribution in [3.63, 3.8) is 0 Å². The van der Waals surface area contributed by atoms with Crippen molar-refractivity contribution < 1.29 is 14.3 Å². The second kappa shape index (κ2) is 9.79. The lowest BCUT2D eigenvalue weighted by Gasteiger charge is -2.25. The van der Waals surface area contributed by atoms with Gasteiger partial charge in [0, 0.05) is 25.3 Å². The molecular formula is C26H28N4O4. The van der Waals surface area contributed by atoms with Crippen molar-refractivity contribution in [3.8, 4) is 5.75 Å². The van der Waals surface area contributed by atoms with E-state index in [1.54, 1.807) is 22.8 Å². The number of amides is 1. The van der Waals surface area contributed by atoms with Crippen molar-refractivity contribution in [1.29, 1.82) is 0 Å². The highest BCUT2D eigenvalue weighted by Gasteiger charge is 2.21. The molecule has 3 heterocycles. The third kappa shape index (κ3) is 4.73. The van der Waals surface area contributed by atoms with Gasteiger partial charge in [-0.15, -0.1) is 0 Å². The lowest BCUT2D eigenvalue weighted by molar-refractivity contribution is -0.118. The molecule has 3 aromatic rings. The van der Waals surface area contributed by atoms with E-state index >= 15 is 0 Å². The summed E-state index contributed by atoms with van der Waals surface area (Å²) in [6.45, 7) is 6.27. The number of carbonyl (C=O) groups excluding carboxylic acids is 1. The smallest absolute Gasteiger partial charge is 0.261 e. The van der Waals surface area contributed by atoms with Crippen LogP contribution in [0.2, 0.25) is 0 Å². The Morgan fingerprint density at radius 2 is 2.03 bits per heavy atom. The van der Waals surface area contributed by atoms with E-state index < -0.39 is 0 Å². The van der Waals surface area contributed by atoms with Crippen LogP contribution in [-0.2, 0) is 16.1 Å². The molecule has 0 bridgehead atoms. The maximum Gasteiger partial charge on any atom is 0.261 e. The van der Waals surface area contributed by atoms with Crippen LogP contribution >= 0.6 is 0 Å². The van der Waals surface area contributed by atoms with Crippen LogP contribution in [0.15, 0.2) is 47.3 Å². The van der Waals surface area contributed by atoms with Gasteiger partial charge in [-0.2, -0.15) is 0 Å². The molecule has 1 saturated heterocycles. The van der Waals surface area contributed by atoms with E-state index in [0.717, 1.165) is 36.4 Å². The molecule has 1 fully saturated rings. The lowest BCUT2D eigenvalue weighted by atomic mass is 10.1. The lowest BCUT2D eigenvalue weighted by Crippen LogP contribution is -2.41. The largest absolute Gasteiger partial charge is 0.494 e. The van der Waals surface area contributed by atoms with Gasteiger partial charge in [0.25, 0.3) is 5.56 Å². The Bertz CT molecular complexity index is 1310. The summed E-state index contributed by atoms with van der Waals surface area (Å²) in [5.74, 6) is 1.40. The summed E-state index contributed by atoms with van der Waals surface area (Å²) in [6, 6.07) is 13.2. The van der Waals surface area contributed by atoms with E-state index in [9.17, 15) is 9.59 Å². The third-order valence-electron chi connectivity index (χ3n) is 6.11. The first-order chi connectivity index (χ1) is 16.6. The Morgan fingerprint density at radius 1 is 1.18 bits per heavy atom. The number of aromatic nitrogens is 2. The van der Waals surface area contributed by atoms with Crippen molar-refractivity contribution >= 4 is 34.1 Å². The number of nitrogens with zero attached hydrogens (tertiary/aromatic N) is 3. The summed E-state index contributed by atoms with van der Waals surface area (Å²) >= 11 is 0. The number of hydrogen-bond donors (Lipinski definition) is 1. The molecular weight excluding hydrogens is 432 g/mol. The molecule has 0 atom stereocenters. The highest BCUT2D eigenvalue weighted by atomic mass is 16.5. The second-order valence-corrected chi connectivity index (χ2v) is 8.49. The molecule has 1 aromatic heterocycles. The zero-order valence-corrected chi connectivity index (χ0v) is 19.3. The molecule has 0 saturated carbocycles. The maximum absolute atomic E-state index is 13.1. The number of ether oxygens (including phenoxy) is 2. The number of hydrogen-bond acceptors (Lipinski definition) is 6. The predicted octanol–water partition coefficient (Wildman–Crippen LogP) is 3.01. The number of nitrogens with one attached hydrogen (secondary N) is 1. The maximum atomic E-state index is 13.1. The first kappa shape index (κ1) is 22.3. The van der Waals surface area contributed by atoms with Crippen LogP contribution in [0.25, 0.3) is 22.6 Å². The number of carbonyl (C=O) groups is 1. The van der Waals surface area contributed by atoms with Gasteiger partial charge in [-0.25, -0.2) is 4.98 Å². The van der Waals surface area contributed by atoms with Gasteiger partial charge in [0.05, 0.1) is 37.3 Å². The molecule has 2 aromatic carbocycles. The molecule has 2 aliphatic rings. The van der Waals surface area contributed by atoms with Gasteiger partial charge in [0.2, 0.25) is 5.91 Å². The Kier molecular flexibility index (Phi) is 6.42. The number of rotatable bonds is 6. The van der Waals surface area contributed by atoms with Gasteiger partial charge in [-0.05, 0) is 60.9 Å². The van der Waals surface area contributed by atoms with E-state index in [1.807, 2.05) is 31.2 Å². The first-order valence-electron chi connectivity index (χ1n) is 11.7. The number of allylic oxidation sites excluding steroid dienone is 1. The highest BCUT2D eigenvalue weighted by molar-refractivity contribution is 5.95. The molecule has 1 amide bonds. The zero-order chi connectivity index (χ0) is 23.5. The van der Waals surface area contributed by atoms with Gasteiger partial charge in [-0.1, -0.05) is 12.1 Å². The third-order valence-corrected chi connectivity index (χ3v) is 6.11. The van der Waals surface area contributed by atoms with Gasteiger partial charge in [-0.3, -0.25) is 19.1 Å². The van der Waals surface area contributed by atoms with Crippen LogP contribution in [0.3, 0.4) is 0 Å². The van der Waals surface area contributed by atoms with E-state index in [4.69, 9.17) is 14.5 Å². The standard InChI is InChI=1S/C26H28N4O4/c1-2-34-21-5-3-4-18(15-21)14-19-8-9-30-25(19)28-23-16-20(6-7-22(23)26(30)32)27-24(31)17-29-10-12-33-13-11-29/h3-7,14-16H,2,8-13,17H2,1H3,(H,27,31). The first-order valence-corrected chi connectivity index (χ1v) is 11.7. The summed E-state index contributed by atoms with van der Waals surface area (Å²) in [5.41, 5.74) is 3.17. The van der Waals surface area contributed by atoms with Gasteiger partial charge in [0.15, 0.2) is 0 Å². The number of benzene rings is 2. The van der Waals surface area contributed by atoms with Gasteiger partial charge < -0.3 is 14.8 Å². The van der Waals surface area contributed by atoms with Crippen LogP contribution < -0.4 is 15.6 Å². The molecule has 0 spiro atoms. The Hall–Kier alpha value is -3.49. The highest BCUT2D eigenvalue weighted by Crippen LogP contribution is 2.29. The Morgan fingerprint density at radius 3 is 2.85 bits per heavy atom. The van der Waals surface area contributed by atoms with E-state index in [0.29, 0.717) is 55.3 Å². The average Bonchev–Trinajstić information content (AvgIpc) is 3.23. The topological polar surface area (TPSA) is 85.7 Å². The molecule has 0 aliphatic carbocycles. The minimum absolute atomic E-state index is 0.0577. The summed E-state index contributed by atoms with van der Waals surface area (Å²) < 4.78 is 12.7. The van der Waals surface area contributed by atoms with E-state index in [1.165, 1.54) is 0 Å². The fraction of sp³-hybridized carbons (Fsp3) is 0.346. The summed E-state index contributed by atoms with van der Waals surface area (Å²) in [6.07, 6.45) is 2.80. The van der Waals surface area contributed by atoms with Crippen LogP contribution in [-0.4, -0.2) is 59.8 Å². The van der Waals surface area contributed by atoms with Crippen LogP contribution in [0.4, 0.5) is 5.69 Å². The van der Waals surface area contributed by atoms with E-state index in [2.05, 4.69) is 16.3 Å². The molecule has 1 N–H and O–H groups in total. The van der Waals surface area contributed by atoms with Crippen LogP contribution in [0, 0.1) is 0 Å². The normalized spacial score (nSPS) is 17.1. The van der Waals surface area contributed by atoms with Crippen molar-refractivity contribution in [2.24, 2.45) is 0 Å². The van der Waals surface area contributed by atoms with Gasteiger partial charge >= 0.3 is 0 Å². The van der Waals surface area contributed by atoms with Crippen molar-refractivity contribution in [3.05, 3.63) is 64.2 Å². The second-order valence-electron chi connectivity index (χ2n) is 8.49. The molecule has 5 rings (SSSR count). The Labute approximate surface area is 197 Å². The quantitative estimate of drug-likeness (QED) is 0.609. The zero-order valence-electron chi connectivity index (χ0n) is 19.3. The van der Waals surface area contributed by atoms with E-state index in [-0.39, 0.29) is 11.5 Å². The number of anilines is 1. The SMILES string of the molecule is CCOc1cccc(C=C2CCn3c2nc2cc(NC(=O)CN4CCOCC4)ccc2c3=O)c1. The van der Waals surface area contributed by atoms with Crippen molar-refractivity contribution in [2.75, 3.05) is 44.8 Å². The molecule has 8 heteroatoms. The molecule has 2 aliphatic heterocycles. The Balaban J connectivity index is 1.41. The monoisotopic (exact) mass is 460 g/mol. The minimum atomic E-state index is -0.0890. The van der Waals surface area contributed by atoms with Crippen LogP contribution in [0.1, 0.15) is 24.7 Å². The minimum Gasteiger partial charge on any atom is -0.494 e. The summed E-state index contributed by atoms with van der Waals surface area (Å²) in [4.78, 5) is 32.5. The summed E-state index contributed by atoms with van der Waals surface area (Å²) in [7, 11) is 0. The predicted molar refractivity (Wildman–Crippen MR) is 132 cm³/mol. The molecule has 34 heavy (non-hydrogen) atoms. The molecule has 0 radical (unpaired) electrons. The average molecular weight is 461 g/mol. The van der Waals surface area contributed by atoms with Crippen molar-refractivity contribution in [1.82, 2.24) is 14.5 Å². The number of fused-ring (bicyclic) bond motifs is 2. The molecule has 176 valence electrons. The molecule has 0 unspecified atom stereocenters.